The Bertz CT molecular complexity index is 1120. The summed E-state index contributed by atoms with van der Waals surface area (Å²) in [4.78, 5) is 16.8. The van der Waals surface area contributed by atoms with E-state index in [1.165, 1.54) is 0 Å². The van der Waals surface area contributed by atoms with E-state index in [0.717, 1.165) is 21.2 Å². The molecule has 1 aromatic heterocycles. The average molecular weight is 421 g/mol. The van der Waals surface area contributed by atoms with Crippen molar-refractivity contribution >= 4 is 38.6 Å². The van der Waals surface area contributed by atoms with E-state index in [1.807, 2.05) is 73.7 Å². The van der Waals surface area contributed by atoms with E-state index in [9.17, 15) is 4.79 Å². The predicted molar refractivity (Wildman–Crippen MR) is 111 cm³/mol. The van der Waals surface area contributed by atoms with Crippen molar-refractivity contribution in [2.45, 2.75) is 13.3 Å². The van der Waals surface area contributed by atoms with Crippen molar-refractivity contribution in [3.8, 4) is 11.5 Å². The fourth-order valence-corrected chi connectivity index (χ4v) is 3.14. The van der Waals surface area contributed by atoms with Gasteiger partial charge in [-0.05, 0) is 54.4 Å². The van der Waals surface area contributed by atoms with Crippen LogP contribution in [-0.4, -0.2) is 10.9 Å². The lowest BCUT2D eigenvalue weighted by atomic mass is 10.1. The first-order valence-corrected chi connectivity index (χ1v) is 9.39. The van der Waals surface area contributed by atoms with Gasteiger partial charge in [0, 0.05) is 15.7 Å². The first kappa shape index (κ1) is 17.5. The molecule has 5 heteroatoms. The second kappa shape index (κ2) is 7.37. The highest BCUT2D eigenvalue weighted by molar-refractivity contribution is 9.10. The normalized spacial score (nSPS) is 10.9. The summed E-state index contributed by atoms with van der Waals surface area (Å²) in [5.41, 5.74) is 5.11. The molecule has 0 unspecified atom stereocenters. The third-order valence-electron chi connectivity index (χ3n) is 4.28. The Hall–Kier alpha value is -2.92. The lowest BCUT2D eigenvalue weighted by Crippen LogP contribution is -2.14. The number of benzene rings is 3. The minimum Gasteiger partial charge on any atom is -0.436 e. The van der Waals surface area contributed by atoms with Gasteiger partial charge in [0.25, 0.3) is 0 Å². The molecule has 1 N–H and O–H groups in total. The third kappa shape index (κ3) is 3.93. The van der Waals surface area contributed by atoms with Crippen LogP contribution in [0.5, 0.6) is 0 Å². The van der Waals surface area contributed by atoms with Crippen LogP contribution in [0.15, 0.2) is 75.6 Å². The summed E-state index contributed by atoms with van der Waals surface area (Å²) in [5.74, 6) is 0.501. The number of rotatable bonds is 4. The molecule has 3 aromatic carbocycles. The number of nitrogens with one attached hydrogen (secondary N) is 1. The maximum Gasteiger partial charge on any atom is 0.228 e. The molecule has 0 saturated carbocycles. The van der Waals surface area contributed by atoms with E-state index in [-0.39, 0.29) is 5.91 Å². The molecule has 27 heavy (non-hydrogen) atoms. The van der Waals surface area contributed by atoms with E-state index in [0.29, 0.717) is 29.1 Å². The molecule has 0 aliphatic carbocycles. The summed E-state index contributed by atoms with van der Waals surface area (Å²) >= 11 is 3.50. The summed E-state index contributed by atoms with van der Waals surface area (Å²) < 4.78 is 6.91. The van der Waals surface area contributed by atoms with Crippen LogP contribution in [0.1, 0.15) is 11.1 Å². The van der Waals surface area contributed by atoms with Gasteiger partial charge in [-0.2, -0.15) is 0 Å². The van der Waals surface area contributed by atoms with Gasteiger partial charge < -0.3 is 9.73 Å². The Labute approximate surface area is 165 Å². The predicted octanol–water partition coefficient (Wildman–Crippen LogP) is 5.75. The number of oxazole rings is 1. The summed E-state index contributed by atoms with van der Waals surface area (Å²) in [6, 6.07) is 21.1. The Balaban J connectivity index is 1.55. The van der Waals surface area contributed by atoms with Crippen LogP contribution in [0.25, 0.3) is 22.6 Å². The maximum absolute atomic E-state index is 12.3. The van der Waals surface area contributed by atoms with Gasteiger partial charge in [-0.25, -0.2) is 4.98 Å². The number of hydrogen-bond donors (Lipinski definition) is 1. The van der Waals surface area contributed by atoms with Gasteiger partial charge in [-0.15, -0.1) is 0 Å². The zero-order valence-corrected chi connectivity index (χ0v) is 16.3. The minimum absolute atomic E-state index is 0.0622. The van der Waals surface area contributed by atoms with E-state index >= 15 is 0 Å². The van der Waals surface area contributed by atoms with E-state index in [1.54, 1.807) is 0 Å². The van der Waals surface area contributed by atoms with Gasteiger partial charge >= 0.3 is 0 Å². The number of halogens is 1. The van der Waals surface area contributed by atoms with Crippen molar-refractivity contribution in [1.29, 1.82) is 0 Å². The molecule has 1 heterocycles. The number of anilines is 1. The van der Waals surface area contributed by atoms with Gasteiger partial charge in [-0.3, -0.25) is 4.79 Å². The summed E-state index contributed by atoms with van der Waals surface area (Å²) in [6.45, 7) is 2.02. The number of carbonyl (C=O) groups excluding carboxylic acids is 1. The van der Waals surface area contributed by atoms with Gasteiger partial charge in [0.2, 0.25) is 11.8 Å². The first-order chi connectivity index (χ1) is 13.1. The molecule has 0 atom stereocenters. The van der Waals surface area contributed by atoms with Crippen molar-refractivity contribution < 1.29 is 9.21 Å². The Morgan fingerprint density at radius 1 is 1.07 bits per heavy atom. The maximum atomic E-state index is 12.3. The summed E-state index contributed by atoms with van der Waals surface area (Å²) in [6.07, 6.45) is 0.334. The highest BCUT2D eigenvalue weighted by Crippen LogP contribution is 2.28. The molecule has 1 amide bonds. The van der Waals surface area contributed by atoms with Crippen molar-refractivity contribution in [3.05, 3.63) is 82.3 Å². The SMILES string of the molecule is Cc1cc(-c2nc3cc(NC(=O)Cc4ccccc4)ccc3o2)ccc1Br. The number of aromatic nitrogens is 1. The summed E-state index contributed by atoms with van der Waals surface area (Å²) in [5, 5.41) is 2.92. The molecule has 0 fully saturated rings. The molecular formula is C22H17BrN2O2. The highest BCUT2D eigenvalue weighted by atomic mass is 79.9. The number of fused-ring (bicyclic) bond motifs is 1. The average Bonchev–Trinajstić information content (AvgIpc) is 3.08. The molecule has 0 aliphatic heterocycles. The fourth-order valence-electron chi connectivity index (χ4n) is 2.89. The molecule has 0 radical (unpaired) electrons. The molecule has 0 aliphatic rings. The van der Waals surface area contributed by atoms with Gasteiger partial charge in [-0.1, -0.05) is 46.3 Å². The van der Waals surface area contributed by atoms with Crippen LogP contribution >= 0.6 is 15.9 Å². The molecular weight excluding hydrogens is 404 g/mol. The monoisotopic (exact) mass is 420 g/mol. The minimum atomic E-state index is -0.0622. The van der Waals surface area contributed by atoms with Crippen LogP contribution in [0.2, 0.25) is 0 Å². The molecule has 4 nitrogen and oxygen atoms in total. The number of amides is 1. The summed E-state index contributed by atoms with van der Waals surface area (Å²) in [7, 11) is 0. The standard InChI is InChI=1S/C22H17BrN2O2/c1-14-11-16(7-9-18(14)23)22-25-19-13-17(8-10-20(19)27-22)24-21(26)12-15-5-3-2-4-6-15/h2-11,13H,12H2,1H3,(H,24,26). The first-order valence-electron chi connectivity index (χ1n) is 8.59. The lowest BCUT2D eigenvalue weighted by molar-refractivity contribution is -0.115. The van der Waals surface area contributed by atoms with Gasteiger partial charge in [0.15, 0.2) is 5.58 Å². The van der Waals surface area contributed by atoms with Gasteiger partial charge in [0.05, 0.1) is 6.42 Å². The zero-order chi connectivity index (χ0) is 18.8. The smallest absolute Gasteiger partial charge is 0.228 e. The molecule has 4 rings (SSSR count). The molecule has 0 spiro atoms. The largest absolute Gasteiger partial charge is 0.436 e. The number of aryl methyl sites for hydroxylation is 1. The van der Waals surface area contributed by atoms with Crippen molar-refractivity contribution in [2.24, 2.45) is 0 Å². The van der Waals surface area contributed by atoms with Crippen molar-refractivity contribution in [3.63, 3.8) is 0 Å². The topological polar surface area (TPSA) is 55.1 Å². The van der Waals surface area contributed by atoms with E-state index < -0.39 is 0 Å². The quantitative estimate of drug-likeness (QED) is 0.457. The lowest BCUT2D eigenvalue weighted by Gasteiger charge is -2.04. The van der Waals surface area contributed by atoms with Crippen molar-refractivity contribution in [2.75, 3.05) is 5.32 Å². The zero-order valence-electron chi connectivity index (χ0n) is 14.7. The number of carbonyl (C=O) groups is 1. The van der Waals surface area contributed by atoms with Crippen LogP contribution in [0, 0.1) is 6.92 Å². The van der Waals surface area contributed by atoms with E-state index in [4.69, 9.17) is 4.42 Å². The molecule has 0 bridgehead atoms. The van der Waals surface area contributed by atoms with Gasteiger partial charge in [0.1, 0.15) is 5.52 Å². The Kier molecular flexibility index (Phi) is 4.77. The van der Waals surface area contributed by atoms with Crippen LogP contribution < -0.4 is 5.32 Å². The fraction of sp³-hybridized carbons (Fsp3) is 0.0909. The van der Waals surface area contributed by atoms with Crippen LogP contribution in [-0.2, 0) is 11.2 Å². The molecule has 4 aromatic rings. The highest BCUT2D eigenvalue weighted by Gasteiger charge is 2.11. The van der Waals surface area contributed by atoms with Crippen molar-refractivity contribution in [1.82, 2.24) is 4.98 Å². The van der Waals surface area contributed by atoms with Crippen LogP contribution in [0.4, 0.5) is 5.69 Å². The third-order valence-corrected chi connectivity index (χ3v) is 5.17. The Morgan fingerprint density at radius 2 is 1.89 bits per heavy atom. The van der Waals surface area contributed by atoms with E-state index in [2.05, 4.69) is 26.2 Å². The second-order valence-electron chi connectivity index (χ2n) is 6.38. The second-order valence-corrected chi connectivity index (χ2v) is 7.23. The number of hydrogen-bond acceptors (Lipinski definition) is 3. The number of nitrogens with zero attached hydrogens (tertiary/aromatic N) is 1. The Morgan fingerprint density at radius 3 is 2.67 bits per heavy atom. The van der Waals surface area contributed by atoms with Crippen LogP contribution in [0.3, 0.4) is 0 Å². The molecule has 0 saturated heterocycles. The molecule has 134 valence electrons.